The molecule has 0 spiro atoms. The van der Waals surface area contributed by atoms with Crippen LogP contribution in [0.4, 0.5) is 13.2 Å². The quantitative estimate of drug-likeness (QED) is 0.626. The zero-order valence-corrected chi connectivity index (χ0v) is 14.9. The van der Waals surface area contributed by atoms with Crippen LogP contribution >= 0.6 is 11.8 Å². The molecule has 0 saturated heterocycles. The summed E-state index contributed by atoms with van der Waals surface area (Å²) in [6.07, 6.45) is -0.572. The van der Waals surface area contributed by atoms with Crippen molar-refractivity contribution in [3.05, 3.63) is 30.5 Å². The number of alkyl halides is 3. The molecule has 2 aromatic heterocycles. The van der Waals surface area contributed by atoms with Gasteiger partial charge >= 0.3 is 6.18 Å². The number of nitrogens with zero attached hydrogens (tertiary/aromatic N) is 3. The molecule has 2 N–H and O–H groups in total. The van der Waals surface area contributed by atoms with E-state index in [9.17, 15) is 18.0 Å². The number of aromatic nitrogens is 4. The average Bonchev–Trinajstić information content (AvgIpc) is 3.24. The van der Waals surface area contributed by atoms with Crippen molar-refractivity contribution in [2.45, 2.75) is 30.2 Å². The number of H-pyrrole nitrogens is 1. The molecule has 27 heavy (non-hydrogen) atoms. The smallest absolute Gasteiger partial charge is 0.360 e. The van der Waals surface area contributed by atoms with Gasteiger partial charge in [-0.05, 0) is 18.9 Å². The number of thioether (sulfide) groups is 1. The maximum absolute atomic E-state index is 12.2. The number of para-hydroxylation sites is 1. The van der Waals surface area contributed by atoms with Crippen molar-refractivity contribution < 1.29 is 18.0 Å². The molecule has 1 fully saturated rings. The van der Waals surface area contributed by atoms with Crippen LogP contribution in [0.5, 0.6) is 0 Å². The zero-order valence-electron chi connectivity index (χ0n) is 14.1. The zero-order chi connectivity index (χ0) is 19.0. The van der Waals surface area contributed by atoms with Crippen molar-refractivity contribution in [1.82, 2.24) is 25.1 Å². The number of carbonyl (C=O) groups is 1. The number of benzene rings is 1. The highest BCUT2D eigenvalue weighted by Crippen LogP contribution is 2.42. The van der Waals surface area contributed by atoms with Crippen LogP contribution in [0.1, 0.15) is 18.9 Å². The molecule has 2 heterocycles. The van der Waals surface area contributed by atoms with Crippen molar-refractivity contribution in [3.8, 4) is 11.4 Å². The van der Waals surface area contributed by atoms with E-state index in [4.69, 9.17) is 0 Å². The normalized spacial score (nSPS) is 14.6. The van der Waals surface area contributed by atoms with Crippen LogP contribution in [0.3, 0.4) is 0 Å². The molecule has 1 saturated carbocycles. The number of carbonyl (C=O) groups excluding carboxylic acids is 1. The molecule has 3 aromatic rings. The number of amides is 1. The first-order chi connectivity index (χ1) is 12.9. The Hall–Kier alpha value is -2.49. The molecule has 1 aliphatic carbocycles. The molecule has 6 nitrogen and oxygen atoms in total. The van der Waals surface area contributed by atoms with Crippen LogP contribution < -0.4 is 5.32 Å². The molecular formula is C17H16F3N5OS. The summed E-state index contributed by atoms with van der Waals surface area (Å²) in [6.45, 7) is -1.33. The number of rotatable bonds is 6. The largest absolute Gasteiger partial charge is 0.405 e. The highest BCUT2D eigenvalue weighted by atomic mass is 32.2. The van der Waals surface area contributed by atoms with E-state index in [0.717, 1.165) is 41.1 Å². The highest BCUT2D eigenvalue weighted by molar-refractivity contribution is 7.99. The minimum atomic E-state index is -4.42. The lowest BCUT2D eigenvalue weighted by Gasteiger charge is -2.09. The minimum Gasteiger partial charge on any atom is -0.360 e. The summed E-state index contributed by atoms with van der Waals surface area (Å²) in [5, 5.41) is 11.9. The van der Waals surface area contributed by atoms with Gasteiger partial charge in [0, 0.05) is 28.7 Å². The third kappa shape index (κ3) is 3.95. The molecule has 1 aromatic carbocycles. The van der Waals surface area contributed by atoms with E-state index < -0.39 is 18.6 Å². The highest BCUT2D eigenvalue weighted by Gasteiger charge is 2.31. The first-order valence-electron chi connectivity index (χ1n) is 8.40. The Morgan fingerprint density at radius 2 is 2.07 bits per heavy atom. The summed E-state index contributed by atoms with van der Waals surface area (Å²) in [6, 6.07) is 8.10. The number of aromatic amines is 1. The van der Waals surface area contributed by atoms with Gasteiger partial charge in [0.15, 0.2) is 11.0 Å². The summed E-state index contributed by atoms with van der Waals surface area (Å²) in [5.41, 5.74) is 1.90. The summed E-state index contributed by atoms with van der Waals surface area (Å²) >= 11 is 1.10. The molecule has 0 radical (unpaired) electrons. The topological polar surface area (TPSA) is 75.6 Å². The van der Waals surface area contributed by atoms with Crippen LogP contribution in [-0.4, -0.2) is 44.1 Å². The van der Waals surface area contributed by atoms with E-state index in [0.29, 0.717) is 11.0 Å². The van der Waals surface area contributed by atoms with Crippen LogP contribution in [0, 0.1) is 0 Å². The van der Waals surface area contributed by atoms with E-state index in [-0.39, 0.29) is 11.8 Å². The van der Waals surface area contributed by atoms with Crippen molar-refractivity contribution in [2.75, 3.05) is 12.3 Å². The predicted octanol–water partition coefficient (Wildman–Crippen LogP) is 3.53. The second-order valence-corrected chi connectivity index (χ2v) is 7.28. The van der Waals surface area contributed by atoms with Crippen molar-refractivity contribution in [2.24, 2.45) is 0 Å². The minimum absolute atomic E-state index is 0.144. The molecule has 0 unspecified atom stereocenters. The first-order valence-corrected chi connectivity index (χ1v) is 9.38. The maximum Gasteiger partial charge on any atom is 0.405 e. The monoisotopic (exact) mass is 395 g/mol. The van der Waals surface area contributed by atoms with Gasteiger partial charge in [0.05, 0.1) is 5.75 Å². The third-order valence-corrected chi connectivity index (χ3v) is 5.17. The second-order valence-electron chi connectivity index (χ2n) is 6.34. The standard InChI is InChI=1S/C17H16F3N5OS/c18-17(19,20)9-22-14(26)8-27-16-24-23-15(25(16)10-5-6-10)12-7-21-13-4-2-1-3-11(12)13/h1-4,7,10,21H,5-6,8-9H2,(H,22,26). The Morgan fingerprint density at radius 1 is 1.30 bits per heavy atom. The molecular weight excluding hydrogens is 379 g/mol. The lowest BCUT2D eigenvalue weighted by Crippen LogP contribution is -2.34. The molecule has 0 aliphatic heterocycles. The molecule has 0 atom stereocenters. The van der Waals surface area contributed by atoms with Gasteiger partial charge < -0.3 is 10.3 Å². The summed E-state index contributed by atoms with van der Waals surface area (Å²) < 4.78 is 38.6. The Morgan fingerprint density at radius 3 is 2.81 bits per heavy atom. The first kappa shape index (κ1) is 17.9. The lowest BCUT2D eigenvalue weighted by molar-refractivity contribution is -0.136. The van der Waals surface area contributed by atoms with E-state index in [1.165, 1.54) is 0 Å². The van der Waals surface area contributed by atoms with Crippen LogP contribution in [-0.2, 0) is 4.79 Å². The van der Waals surface area contributed by atoms with Gasteiger partial charge in [-0.1, -0.05) is 30.0 Å². The SMILES string of the molecule is O=C(CSc1nnc(-c2c[nH]c3ccccc23)n1C1CC1)NCC(F)(F)F. The predicted molar refractivity (Wildman–Crippen MR) is 95.4 cm³/mol. The van der Waals surface area contributed by atoms with Crippen LogP contribution in [0.2, 0.25) is 0 Å². The number of hydrogen-bond acceptors (Lipinski definition) is 4. The molecule has 1 aliphatic rings. The fourth-order valence-electron chi connectivity index (χ4n) is 2.86. The van der Waals surface area contributed by atoms with Gasteiger partial charge in [0.25, 0.3) is 0 Å². The average molecular weight is 395 g/mol. The number of nitrogens with one attached hydrogen (secondary N) is 2. The molecule has 1 amide bonds. The van der Waals surface area contributed by atoms with E-state index in [1.54, 1.807) is 0 Å². The fraction of sp³-hybridized carbons (Fsp3) is 0.353. The summed E-state index contributed by atoms with van der Waals surface area (Å²) in [4.78, 5) is 14.9. The second kappa shape index (κ2) is 6.91. The molecule has 4 rings (SSSR count). The maximum atomic E-state index is 12.2. The van der Waals surface area contributed by atoms with Gasteiger partial charge in [0.1, 0.15) is 6.54 Å². The number of hydrogen-bond donors (Lipinski definition) is 2. The summed E-state index contributed by atoms with van der Waals surface area (Å²) in [5.74, 6) is -0.126. The van der Waals surface area contributed by atoms with Crippen LogP contribution in [0.25, 0.3) is 22.3 Å². The Bertz CT molecular complexity index is 977. The van der Waals surface area contributed by atoms with Crippen LogP contribution in [0.15, 0.2) is 35.6 Å². The van der Waals surface area contributed by atoms with E-state index in [1.807, 2.05) is 40.3 Å². The van der Waals surface area contributed by atoms with Crippen molar-refractivity contribution >= 4 is 28.6 Å². The molecule has 142 valence electrons. The number of halogens is 3. The van der Waals surface area contributed by atoms with Gasteiger partial charge in [-0.25, -0.2) is 0 Å². The van der Waals surface area contributed by atoms with Gasteiger partial charge in [0.2, 0.25) is 5.91 Å². The Kier molecular flexibility index (Phi) is 4.58. The van der Waals surface area contributed by atoms with Gasteiger partial charge in [-0.3, -0.25) is 9.36 Å². The fourth-order valence-corrected chi connectivity index (χ4v) is 3.69. The van der Waals surface area contributed by atoms with Crippen molar-refractivity contribution in [3.63, 3.8) is 0 Å². The van der Waals surface area contributed by atoms with Gasteiger partial charge in [-0.15, -0.1) is 10.2 Å². The molecule has 10 heteroatoms. The molecule has 0 bridgehead atoms. The lowest BCUT2D eigenvalue weighted by atomic mass is 10.1. The summed E-state index contributed by atoms with van der Waals surface area (Å²) in [7, 11) is 0. The van der Waals surface area contributed by atoms with E-state index >= 15 is 0 Å². The van der Waals surface area contributed by atoms with Crippen molar-refractivity contribution in [1.29, 1.82) is 0 Å². The van der Waals surface area contributed by atoms with Gasteiger partial charge in [-0.2, -0.15) is 13.2 Å². The third-order valence-electron chi connectivity index (χ3n) is 4.23. The Labute approximate surface area is 156 Å². The van der Waals surface area contributed by atoms with E-state index in [2.05, 4.69) is 15.2 Å². The number of fused-ring (bicyclic) bond motifs is 1. The Balaban J connectivity index is 1.54.